The Hall–Kier alpha value is -0.240. The Morgan fingerprint density at radius 2 is 1.75 bits per heavy atom. The molecule has 0 saturated carbocycles. The van der Waals surface area contributed by atoms with Crippen LogP contribution in [0.3, 0.4) is 0 Å². The van der Waals surface area contributed by atoms with Crippen LogP contribution in [0.4, 0.5) is 5.69 Å². The van der Waals surface area contributed by atoms with Crippen molar-refractivity contribution in [2.75, 3.05) is 31.9 Å². The van der Waals surface area contributed by atoms with Crippen molar-refractivity contribution in [2.45, 2.75) is 6.42 Å². The van der Waals surface area contributed by atoms with Gasteiger partial charge in [0.1, 0.15) is 0 Å². The first-order valence-corrected chi connectivity index (χ1v) is 8.38. The van der Waals surface area contributed by atoms with E-state index in [9.17, 15) is 8.42 Å². The summed E-state index contributed by atoms with van der Waals surface area (Å²) in [4.78, 5) is 0. The highest BCUT2D eigenvalue weighted by Crippen LogP contribution is 2.32. The number of nitrogens with zero attached hydrogens (tertiary/aromatic N) is 1. The lowest BCUT2D eigenvalue weighted by atomic mass is 10.3. The van der Waals surface area contributed by atoms with E-state index in [1.54, 1.807) is 0 Å². The maximum atomic E-state index is 12.1. The largest absolute Gasteiger partial charge is 0.320 e. The number of nitrogens with one attached hydrogen (secondary N) is 2. The first-order valence-electron chi connectivity index (χ1n) is 5.81. The van der Waals surface area contributed by atoms with Gasteiger partial charge in [-0.15, -0.1) is 0 Å². The maximum absolute atomic E-state index is 12.1. The molecule has 0 aliphatic heterocycles. The normalized spacial score (nSPS) is 11.9. The zero-order valence-electron chi connectivity index (χ0n) is 11.1. The van der Waals surface area contributed by atoms with Crippen LogP contribution in [0.1, 0.15) is 6.42 Å². The third kappa shape index (κ3) is 4.95. The lowest BCUT2D eigenvalue weighted by Gasteiger charge is -2.19. The highest BCUT2D eigenvalue weighted by atomic mass is 35.5. The second-order valence-electron chi connectivity index (χ2n) is 4.13. The average molecular weight is 361 g/mol. The van der Waals surface area contributed by atoms with Gasteiger partial charge < -0.3 is 5.32 Å². The minimum Gasteiger partial charge on any atom is -0.320 e. The average Bonchev–Trinajstić information content (AvgIpc) is 2.35. The molecule has 0 amide bonds. The van der Waals surface area contributed by atoms with E-state index in [-0.39, 0.29) is 20.8 Å². The van der Waals surface area contributed by atoms with Crippen molar-refractivity contribution in [1.82, 2.24) is 9.62 Å². The summed E-state index contributed by atoms with van der Waals surface area (Å²) >= 11 is 17.6. The van der Waals surface area contributed by atoms with Gasteiger partial charge in [0.25, 0.3) is 0 Å². The summed E-state index contributed by atoms with van der Waals surface area (Å²) in [6.45, 7) is 1.11. The lowest BCUT2D eigenvalue weighted by molar-refractivity contribution is 0.462. The topological polar surface area (TPSA) is 61.4 Å². The third-order valence-electron chi connectivity index (χ3n) is 2.56. The molecule has 0 spiro atoms. The van der Waals surface area contributed by atoms with E-state index >= 15 is 0 Å². The van der Waals surface area contributed by atoms with E-state index in [0.29, 0.717) is 13.0 Å². The summed E-state index contributed by atoms with van der Waals surface area (Å²) in [5, 5.41) is 3.63. The van der Waals surface area contributed by atoms with Crippen molar-refractivity contribution >= 4 is 50.7 Å². The predicted octanol–water partition coefficient (Wildman–Crippen LogP) is 2.84. The van der Waals surface area contributed by atoms with Crippen molar-refractivity contribution < 1.29 is 8.42 Å². The van der Waals surface area contributed by atoms with Crippen LogP contribution in [0.2, 0.25) is 15.1 Å². The van der Waals surface area contributed by atoms with Crippen LogP contribution in [-0.2, 0) is 10.2 Å². The van der Waals surface area contributed by atoms with Crippen LogP contribution in [0.5, 0.6) is 0 Å². The number of benzene rings is 1. The molecule has 0 aliphatic carbocycles. The summed E-state index contributed by atoms with van der Waals surface area (Å²) < 4.78 is 27.8. The molecule has 0 saturated heterocycles. The highest BCUT2D eigenvalue weighted by molar-refractivity contribution is 7.90. The van der Waals surface area contributed by atoms with Gasteiger partial charge in [-0.2, -0.15) is 12.7 Å². The number of hydrogen-bond donors (Lipinski definition) is 2. The Morgan fingerprint density at radius 3 is 2.35 bits per heavy atom. The molecule has 2 N–H and O–H groups in total. The minimum atomic E-state index is -3.68. The van der Waals surface area contributed by atoms with Crippen LogP contribution in [0, 0.1) is 0 Å². The smallest absolute Gasteiger partial charge is 0.301 e. The van der Waals surface area contributed by atoms with Crippen molar-refractivity contribution in [1.29, 1.82) is 0 Å². The summed E-state index contributed by atoms with van der Waals surface area (Å²) in [5.74, 6) is 0. The van der Waals surface area contributed by atoms with Crippen molar-refractivity contribution in [2.24, 2.45) is 0 Å². The van der Waals surface area contributed by atoms with Crippen LogP contribution in [0.15, 0.2) is 12.1 Å². The molecule has 1 aromatic rings. The van der Waals surface area contributed by atoms with Gasteiger partial charge in [0.2, 0.25) is 0 Å². The Morgan fingerprint density at radius 1 is 1.15 bits per heavy atom. The van der Waals surface area contributed by atoms with Crippen molar-refractivity contribution in [3.8, 4) is 0 Å². The van der Waals surface area contributed by atoms with Gasteiger partial charge in [-0.1, -0.05) is 34.8 Å². The molecule has 0 atom stereocenters. The van der Waals surface area contributed by atoms with Crippen molar-refractivity contribution in [3.05, 3.63) is 27.2 Å². The zero-order chi connectivity index (χ0) is 15.3. The summed E-state index contributed by atoms with van der Waals surface area (Å²) in [5.41, 5.74) is 0.196. The van der Waals surface area contributed by atoms with Crippen LogP contribution >= 0.6 is 34.8 Å². The molecule has 0 aromatic heterocycles. The molecule has 0 aliphatic rings. The predicted molar refractivity (Wildman–Crippen MR) is 85.2 cm³/mol. The first kappa shape index (κ1) is 17.8. The number of anilines is 1. The molecule has 0 radical (unpaired) electrons. The van der Waals surface area contributed by atoms with Gasteiger partial charge in [0, 0.05) is 13.6 Å². The zero-order valence-corrected chi connectivity index (χ0v) is 14.2. The standard InChI is InChI=1S/C11H16Cl3N3O2S/c1-15-4-3-5-17(2)20(18,19)16-11-7-9(13)8(12)6-10(11)14/h6-7,15-16H,3-5H2,1-2H3. The highest BCUT2D eigenvalue weighted by Gasteiger charge is 2.19. The minimum absolute atomic E-state index is 0.187. The molecule has 9 heteroatoms. The Kier molecular flexibility index (Phi) is 6.84. The van der Waals surface area contributed by atoms with E-state index in [1.165, 1.54) is 23.5 Å². The molecular weight excluding hydrogens is 345 g/mol. The Bertz CT molecular complexity index is 566. The van der Waals surface area contributed by atoms with E-state index in [1.807, 2.05) is 7.05 Å². The molecular formula is C11H16Cl3N3O2S. The monoisotopic (exact) mass is 359 g/mol. The molecule has 5 nitrogen and oxygen atoms in total. The van der Waals surface area contributed by atoms with E-state index < -0.39 is 10.2 Å². The van der Waals surface area contributed by atoms with E-state index in [2.05, 4.69) is 10.0 Å². The fourth-order valence-electron chi connectivity index (χ4n) is 1.42. The van der Waals surface area contributed by atoms with Gasteiger partial charge in [-0.05, 0) is 32.1 Å². The fraction of sp³-hybridized carbons (Fsp3) is 0.455. The second-order valence-corrected chi connectivity index (χ2v) is 7.13. The molecule has 114 valence electrons. The third-order valence-corrected chi connectivity index (χ3v) is 5.07. The number of hydrogen-bond acceptors (Lipinski definition) is 3. The van der Waals surface area contributed by atoms with Crippen LogP contribution < -0.4 is 10.0 Å². The molecule has 20 heavy (non-hydrogen) atoms. The molecule has 0 heterocycles. The molecule has 0 unspecified atom stereocenters. The van der Waals surface area contributed by atoms with Gasteiger partial charge in [0.05, 0.1) is 20.8 Å². The molecule has 0 bridgehead atoms. The first-order chi connectivity index (χ1) is 9.27. The quantitative estimate of drug-likeness (QED) is 0.580. The molecule has 0 fully saturated rings. The maximum Gasteiger partial charge on any atom is 0.301 e. The Balaban J connectivity index is 2.83. The SMILES string of the molecule is CNCCCN(C)S(=O)(=O)Nc1cc(Cl)c(Cl)cc1Cl. The molecule has 1 aromatic carbocycles. The van der Waals surface area contributed by atoms with Crippen LogP contribution in [-0.4, -0.2) is 39.9 Å². The van der Waals surface area contributed by atoms with Gasteiger partial charge in [-0.3, -0.25) is 4.72 Å². The number of rotatable bonds is 7. The van der Waals surface area contributed by atoms with E-state index in [4.69, 9.17) is 34.8 Å². The Labute approximate surface area is 134 Å². The van der Waals surface area contributed by atoms with Crippen molar-refractivity contribution in [3.63, 3.8) is 0 Å². The fourth-order valence-corrected chi connectivity index (χ4v) is 3.04. The number of halogens is 3. The summed E-state index contributed by atoms with van der Waals surface area (Å²) in [7, 11) is -0.379. The van der Waals surface area contributed by atoms with Gasteiger partial charge in [0.15, 0.2) is 0 Å². The summed E-state index contributed by atoms with van der Waals surface area (Å²) in [6, 6.07) is 2.77. The van der Waals surface area contributed by atoms with E-state index in [0.717, 1.165) is 6.54 Å². The molecule has 1 rings (SSSR count). The second kappa shape index (κ2) is 7.68. The van der Waals surface area contributed by atoms with Gasteiger partial charge in [-0.25, -0.2) is 0 Å². The van der Waals surface area contributed by atoms with Gasteiger partial charge >= 0.3 is 10.2 Å². The van der Waals surface area contributed by atoms with Crippen LogP contribution in [0.25, 0.3) is 0 Å². The summed E-state index contributed by atoms with van der Waals surface area (Å²) in [6.07, 6.45) is 0.697. The lowest BCUT2D eigenvalue weighted by Crippen LogP contribution is -2.34.